The van der Waals surface area contributed by atoms with E-state index < -0.39 is 0 Å². The number of hydrogen-bond acceptors (Lipinski definition) is 4. The molecule has 0 aliphatic heterocycles. The molecule has 0 aliphatic rings. The molecule has 2 unspecified atom stereocenters. The Morgan fingerprint density at radius 2 is 2.05 bits per heavy atom. The number of hydrogen-bond donors (Lipinski definition) is 2. The summed E-state index contributed by atoms with van der Waals surface area (Å²) in [4.78, 5) is 4.38. The van der Waals surface area contributed by atoms with E-state index in [4.69, 9.17) is 0 Å². The maximum absolute atomic E-state index is 4.38. The Bertz CT molecular complexity index is 512. The lowest BCUT2D eigenvalue weighted by atomic mass is 10.0. The Labute approximate surface area is 124 Å². The van der Waals surface area contributed by atoms with Crippen molar-refractivity contribution in [1.82, 2.24) is 20.5 Å². The van der Waals surface area contributed by atoms with Gasteiger partial charge in [-0.25, -0.2) is 4.98 Å². The first kappa shape index (κ1) is 15.1. The maximum Gasteiger partial charge on any atom is 0.208 e. The van der Waals surface area contributed by atoms with Gasteiger partial charge in [0.1, 0.15) is 5.82 Å². The van der Waals surface area contributed by atoms with Crippen molar-refractivity contribution in [2.24, 2.45) is 0 Å². The molecule has 0 saturated carbocycles. The Morgan fingerprint density at radius 3 is 2.65 bits per heavy atom. The Balaban J connectivity index is 2.09. The molecule has 0 radical (unpaired) electrons. The molecule has 0 aliphatic carbocycles. The number of aryl methyl sites for hydroxylation is 1. The third-order valence-electron chi connectivity index (χ3n) is 3.11. The molecule has 2 atom stereocenters. The number of rotatable bonds is 7. The fourth-order valence-corrected chi connectivity index (χ4v) is 3.13. The summed E-state index contributed by atoms with van der Waals surface area (Å²) in [6.07, 6.45) is 1.13. The number of nitrogens with zero attached hydrogens (tertiary/aromatic N) is 2. The van der Waals surface area contributed by atoms with Crippen molar-refractivity contribution < 1.29 is 0 Å². The second-order valence-corrected chi connectivity index (χ2v) is 6.21. The number of H-pyrrole nitrogens is 1. The number of aromatic amines is 1. The van der Waals surface area contributed by atoms with Crippen LogP contribution in [0.1, 0.15) is 37.7 Å². The monoisotopic (exact) mass is 290 g/mol. The van der Waals surface area contributed by atoms with Gasteiger partial charge in [-0.05, 0) is 25.5 Å². The first-order chi connectivity index (χ1) is 9.70. The molecule has 20 heavy (non-hydrogen) atoms. The van der Waals surface area contributed by atoms with Gasteiger partial charge in [-0.1, -0.05) is 55.9 Å². The second-order valence-electron chi connectivity index (χ2n) is 4.87. The zero-order chi connectivity index (χ0) is 14.4. The van der Waals surface area contributed by atoms with Gasteiger partial charge in [0.25, 0.3) is 0 Å². The molecule has 0 spiro atoms. The lowest BCUT2D eigenvalue weighted by Gasteiger charge is -2.24. The summed E-state index contributed by atoms with van der Waals surface area (Å²) in [6.45, 7) is 7.34. The summed E-state index contributed by atoms with van der Waals surface area (Å²) in [5, 5.41) is 11.9. The van der Waals surface area contributed by atoms with Gasteiger partial charge in [0.15, 0.2) is 0 Å². The van der Waals surface area contributed by atoms with Crippen molar-refractivity contribution >= 4 is 11.8 Å². The molecule has 1 heterocycles. The van der Waals surface area contributed by atoms with Gasteiger partial charge in [0.2, 0.25) is 5.16 Å². The molecule has 0 amide bonds. The minimum atomic E-state index is 0.306. The summed E-state index contributed by atoms with van der Waals surface area (Å²) in [7, 11) is 0. The van der Waals surface area contributed by atoms with E-state index in [1.807, 2.05) is 6.92 Å². The third kappa shape index (κ3) is 4.08. The topological polar surface area (TPSA) is 53.6 Å². The van der Waals surface area contributed by atoms with E-state index in [1.165, 1.54) is 5.56 Å². The summed E-state index contributed by atoms with van der Waals surface area (Å²) < 4.78 is 0. The molecule has 2 N–H and O–H groups in total. The van der Waals surface area contributed by atoms with Crippen molar-refractivity contribution in [3.8, 4) is 0 Å². The fourth-order valence-electron chi connectivity index (χ4n) is 2.12. The Morgan fingerprint density at radius 1 is 1.30 bits per heavy atom. The second kappa shape index (κ2) is 7.45. The van der Waals surface area contributed by atoms with Gasteiger partial charge >= 0.3 is 0 Å². The van der Waals surface area contributed by atoms with Gasteiger partial charge in [-0.2, -0.15) is 0 Å². The summed E-state index contributed by atoms with van der Waals surface area (Å²) in [5.41, 5.74) is 1.31. The van der Waals surface area contributed by atoms with E-state index in [9.17, 15) is 0 Å². The van der Waals surface area contributed by atoms with Crippen molar-refractivity contribution in [3.63, 3.8) is 0 Å². The van der Waals surface area contributed by atoms with Crippen LogP contribution in [-0.4, -0.2) is 27.0 Å². The van der Waals surface area contributed by atoms with E-state index in [1.54, 1.807) is 11.8 Å². The largest absolute Gasteiger partial charge is 0.309 e. The van der Waals surface area contributed by atoms with Gasteiger partial charge < -0.3 is 5.32 Å². The lowest BCUT2D eigenvalue weighted by molar-refractivity contribution is 0.527. The summed E-state index contributed by atoms with van der Waals surface area (Å²) in [5.74, 6) is 0.859. The molecule has 4 nitrogen and oxygen atoms in total. The molecular formula is C15H22N4S. The molecule has 0 fully saturated rings. The van der Waals surface area contributed by atoms with E-state index in [2.05, 4.69) is 64.7 Å². The van der Waals surface area contributed by atoms with Crippen LogP contribution in [0.25, 0.3) is 0 Å². The van der Waals surface area contributed by atoms with Crippen LogP contribution in [-0.2, 0) is 0 Å². The minimum Gasteiger partial charge on any atom is -0.309 e. The van der Waals surface area contributed by atoms with Crippen LogP contribution in [0.2, 0.25) is 0 Å². The quantitative estimate of drug-likeness (QED) is 0.768. The number of thioether (sulfide) groups is 1. The van der Waals surface area contributed by atoms with Crippen LogP contribution in [0, 0.1) is 6.92 Å². The number of benzene rings is 1. The van der Waals surface area contributed by atoms with Crippen LogP contribution in [0.15, 0.2) is 35.5 Å². The highest BCUT2D eigenvalue weighted by atomic mass is 32.2. The van der Waals surface area contributed by atoms with Crippen LogP contribution < -0.4 is 5.32 Å². The highest BCUT2D eigenvalue weighted by Gasteiger charge is 2.21. The smallest absolute Gasteiger partial charge is 0.208 e. The predicted octanol–water partition coefficient (Wildman–Crippen LogP) is 3.33. The SMILES string of the molecule is CCCNC(c1ccccc1)C(C)Sc1n[nH]c(C)n1. The molecule has 108 valence electrons. The van der Waals surface area contributed by atoms with Crippen molar-refractivity contribution in [2.45, 2.75) is 43.6 Å². The zero-order valence-electron chi connectivity index (χ0n) is 12.3. The average molecular weight is 290 g/mol. The van der Waals surface area contributed by atoms with Crippen LogP contribution in [0.4, 0.5) is 0 Å². The average Bonchev–Trinajstić information content (AvgIpc) is 2.86. The third-order valence-corrected chi connectivity index (χ3v) is 4.15. The summed E-state index contributed by atoms with van der Waals surface area (Å²) in [6, 6.07) is 10.9. The molecule has 5 heteroatoms. The number of nitrogens with one attached hydrogen (secondary N) is 2. The highest BCUT2D eigenvalue weighted by Crippen LogP contribution is 2.30. The van der Waals surface area contributed by atoms with E-state index in [0.717, 1.165) is 23.9 Å². The minimum absolute atomic E-state index is 0.306. The van der Waals surface area contributed by atoms with Crippen molar-refractivity contribution in [1.29, 1.82) is 0 Å². The first-order valence-electron chi connectivity index (χ1n) is 7.04. The Hall–Kier alpha value is -1.33. The van der Waals surface area contributed by atoms with E-state index in [-0.39, 0.29) is 0 Å². The van der Waals surface area contributed by atoms with Crippen LogP contribution >= 0.6 is 11.8 Å². The standard InChI is InChI=1S/C15H22N4S/c1-4-10-16-14(13-8-6-5-7-9-13)11(2)20-15-17-12(3)18-19-15/h5-9,11,14,16H,4,10H2,1-3H3,(H,17,18,19). The molecule has 1 aromatic carbocycles. The Kier molecular flexibility index (Phi) is 5.61. The molecule has 1 aromatic heterocycles. The summed E-state index contributed by atoms with van der Waals surface area (Å²) >= 11 is 1.70. The molecule has 0 bridgehead atoms. The first-order valence-corrected chi connectivity index (χ1v) is 7.92. The van der Waals surface area contributed by atoms with Gasteiger partial charge in [0.05, 0.1) is 0 Å². The van der Waals surface area contributed by atoms with Gasteiger partial charge in [-0.3, -0.25) is 5.10 Å². The van der Waals surface area contributed by atoms with Crippen LogP contribution in [0.3, 0.4) is 0 Å². The van der Waals surface area contributed by atoms with Crippen molar-refractivity contribution in [2.75, 3.05) is 6.54 Å². The van der Waals surface area contributed by atoms with Crippen LogP contribution in [0.5, 0.6) is 0 Å². The molecule has 0 saturated heterocycles. The predicted molar refractivity (Wildman–Crippen MR) is 83.9 cm³/mol. The van der Waals surface area contributed by atoms with E-state index in [0.29, 0.717) is 11.3 Å². The fraction of sp³-hybridized carbons (Fsp3) is 0.467. The number of aromatic nitrogens is 3. The highest BCUT2D eigenvalue weighted by molar-refractivity contribution is 7.99. The zero-order valence-corrected chi connectivity index (χ0v) is 13.1. The maximum atomic E-state index is 4.38. The van der Waals surface area contributed by atoms with Crippen molar-refractivity contribution in [3.05, 3.63) is 41.7 Å². The lowest BCUT2D eigenvalue weighted by Crippen LogP contribution is -2.29. The van der Waals surface area contributed by atoms with Gasteiger partial charge in [-0.15, -0.1) is 5.10 Å². The normalized spacial score (nSPS) is 14.2. The molecule has 2 rings (SSSR count). The van der Waals surface area contributed by atoms with Gasteiger partial charge in [0, 0.05) is 11.3 Å². The molecule has 2 aromatic rings. The van der Waals surface area contributed by atoms with E-state index >= 15 is 0 Å². The molecular weight excluding hydrogens is 268 g/mol.